The van der Waals surface area contributed by atoms with E-state index < -0.39 is 10.0 Å². The van der Waals surface area contributed by atoms with Crippen LogP contribution in [0, 0.1) is 0 Å². The molecule has 0 aromatic heterocycles. The van der Waals surface area contributed by atoms with Crippen molar-refractivity contribution in [3.63, 3.8) is 0 Å². The van der Waals surface area contributed by atoms with Crippen LogP contribution in [0.1, 0.15) is 26.7 Å². The Morgan fingerprint density at radius 3 is 2.63 bits per heavy atom. The van der Waals surface area contributed by atoms with Crippen LogP contribution in [0.25, 0.3) is 0 Å². The van der Waals surface area contributed by atoms with Gasteiger partial charge < -0.3 is 20.5 Å². The number of sulfonamides is 1. The van der Waals surface area contributed by atoms with Gasteiger partial charge in [0.2, 0.25) is 15.9 Å². The number of nitrogens with zero attached hydrogens (tertiary/aromatic N) is 1. The summed E-state index contributed by atoms with van der Waals surface area (Å²) >= 11 is 0. The number of rotatable bonds is 8. The maximum Gasteiger partial charge on any atom is 0.243 e. The SMILES string of the molecule is CCOc1ccc(S(=O)(=O)N2CCOCC2)cc1NC(=O)CCC(C)N.Cl. The van der Waals surface area contributed by atoms with Crippen molar-refractivity contribution in [3.05, 3.63) is 18.2 Å². The van der Waals surface area contributed by atoms with Crippen LogP contribution in [0.5, 0.6) is 5.75 Å². The fourth-order valence-electron chi connectivity index (χ4n) is 2.56. The van der Waals surface area contributed by atoms with E-state index in [1.807, 2.05) is 13.8 Å². The van der Waals surface area contributed by atoms with Crippen molar-refractivity contribution in [2.75, 3.05) is 38.2 Å². The summed E-state index contributed by atoms with van der Waals surface area (Å²) in [6.45, 7) is 5.41. The number of halogens is 1. The van der Waals surface area contributed by atoms with E-state index in [-0.39, 0.29) is 35.7 Å². The van der Waals surface area contributed by atoms with Crippen LogP contribution in [-0.4, -0.2) is 57.6 Å². The number of anilines is 1. The van der Waals surface area contributed by atoms with Crippen molar-refractivity contribution in [2.45, 2.75) is 37.6 Å². The maximum atomic E-state index is 12.8. The number of nitrogens with one attached hydrogen (secondary N) is 1. The summed E-state index contributed by atoms with van der Waals surface area (Å²) in [5.41, 5.74) is 6.02. The van der Waals surface area contributed by atoms with Crippen LogP contribution >= 0.6 is 12.4 Å². The first-order valence-electron chi connectivity index (χ1n) is 8.74. The van der Waals surface area contributed by atoms with E-state index in [0.29, 0.717) is 50.8 Å². The Bertz CT molecular complexity index is 721. The minimum Gasteiger partial charge on any atom is -0.492 e. The second kappa shape index (κ2) is 10.8. The number of ether oxygens (including phenoxy) is 2. The summed E-state index contributed by atoms with van der Waals surface area (Å²) in [6.07, 6.45) is 0.797. The zero-order valence-corrected chi connectivity index (χ0v) is 17.3. The molecular formula is C17H28ClN3O5S. The molecule has 1 aliphatic heterocycles. The number of hydrogen-bond donors (Lipinski definition) is 2. The highest BCUT2D eigenvalue weighted by Crippen LogP contribution is 2.29. The Hall–Kier alpha value is -1.39. The predicted octanol–water partition coefficient (Wildman–Crippen LogP) is 1.59. The molecule has 2 rings (SSSR count). The van der Waals surface area contributed by atoms with E-state index in [4.69, 9.17) is 15.2 Å². The van der Waals surface area contributed by atoms with Gasteiger partial charge in [0, 0.05) is 25.6 Å². The van der Waals surface area contributed by atoms with Gasteiger partial charge in [0.25, 0.3) is 0 Å². The number of benzene rings is 1. The Kier molecular flexibility index (Phi) is 9.48. The molecule has 1 heterocycles. The van der Waals surface area contributed by atoms with Gasteiger partial charge in [-0.2, -0.15) is 4.31 Å². The first kappa shape index (κ1) is 23.6. The molecule has 1 aromatic carbocycles. The second-order valence-corrected chi connectivity index (χ2v) is 8.11. The minimum atomic E-state index is -3.65. The van der Waals surface area contributed by atoms with Crippen molar-refractivity contribution in [1.29, 1.82) is 0 Å². The Labute approximate surface area is 166 Å². The summed E-state index contributed by atoms with van der Waals surface area (Å²) in [4.78, 5) is 12.3. The molecule has 8 nitrogen and oxygen atoms in total. The molecule has 0 bridgehead atoms. The molecule has 1 fully saturated rings. The van der Waals surface area contributed by atoms with Gasteiger partial charge in [-0.1, -0.05) is 0 Å². The molecule has 0 aliphatic carbocycles. The van der Waals surface area contributed by atoms with E-state index in [0.717, 1.165) is 0 Å². The van der Waals surface area contributed by atoms with Crippen molar-refractivity contribution in [1.82, 2.24) is 4.31 Å². The molecule has 1 unspecified atom stereocenters. The zero-order chi connectivity index (χ0) is 19.2. The predicted molar refractivity (Wildman–Crippen MR) is 106 cm³/mol. The number of hydrogen-bond acceptors (Lipinski definition) is 6. The molecule has 1 atom stereocenters. The van der Waals surface area contributed by atoms with Crippen molar-refractivity contribution in [3.8, 4) is 5.75 Å². The van der Waals surface area contributed by atoms with E-state index in [9.17, 15) is 13.2 Å². The number of carbonyl (C=O) groups excluding carboxylic acids is 1. The van der Waals surface area contributed by atoms with Crippen LogP contribution < -0.4 is 15.8 Å². The molecule has 27 heavy (non-hydrogen) atoms. The van der Waals surface area contributed by atoms with Crippen molar-refractivity contribution < 1.29 is 22.7 Å². The van der Waals surface area contributed by atoms with Gasteiger partial charge in [-0.15, -0.1) is 12.4 Å². The lowest BCUT2D eigenvalue weighted by Gasteiger charge is -2.26. The third-order valence-electron chi connectivity index (χ3n) is 3.96. The monoisotopic (exact) mass is 421 g/mol. The maximum absolute atomic E-state index is 12.8. The van der Waals surface area contributed by atoms with Gasteiger partial charge in [0.05, 0.1) is 30.4 Å². The van der Waals surface area contributed by atoms with Gasteiger partial charge in [-0.3, -0.25) is 4.79 Å². The molecule has 3 N–H and O–H groups in total. The molecule has 154 valence electrons. The zero-order valence-electron chi connectivity index (χ0n) is 15.6. The summed E-state index contributed by atoms with van der Waals surface area (Å²) in [5.74, 6) is 0.201. The lowest BCUT2D eigenvalue weighted by atomic mass is 10.2. The fraction of sp³-hybridized carbons (Fsp3) is 0.588. The summed E-state index contributed by atoms with van der Waals surface area (Å²) < 4.78 is 37.7. The van der Waals surface area contributed by atoms with Crippen LogP contribution in [0.2, 0.25) is 0 Å². The van der Waals surface area contributed by atoms with Gasteiger partial charge in [0.1, 0.15) is 5.75 Å². The number of morpholine rings is 1. The lowest BCUT2D eigenvalue weighted by molar-refractivity contribution is -0.116. The number of nitrogens with two attached hydrogens (primary N) is 1. The molecule has 1 saturated heterocycles. The Balaban J connectivity index is 0.00000364. The fourth-order valence-corrected chi connectivity index (χ4v) is 3.99. The number of amides is 1. The first-order valence-corrected chi connectivity index (χ1v) is 10.2. The van der Waals surface area contributed by atoms with Crippen LogP contribution in [0.15, 0.2) is 23.1 Å². The van der Waals surface area contributed by atoms with Crippen LogP contribution in [0.3, 0.4) is 0 Å². The Morgan fingerprint density at radius 2 is 2.04 bits per heavy atom. The van der Waals surface area contributed by atoms with Crippen molar-refractivity contribution in [2.24, 2.45) is 5.73 Å². The highest BCUT2D eigenvalue weighted by Gasteiger charge is 2.27. The normalized spacial score (nSPS) is 16.3. The van der Waals surface area contributed by atoms with Gasteiger partial charge in [0.15, 0.2) is 0 Å². The molecule has 0 saturated carbocycles. The van der Waals surface area contributed by atoms with E-state index in [1.54, 1.807) is 6.07 Å². The smallest absolute Gasteiger partial charge is 0.243 e. The molecule has 1 amide bonds. The molecule has 0 spiro atoms. The second-order valence-electron chi connectivity index (χ2n) is 6.17. The topological polar surface area (TPSA) is 111 Å². The van der Waals surface area contributed by atoms with E-state index in [1.165, 1.54) is 16.4 Å². The molecule has 1 aromatic rings. The lowest BCUT2D eigenvalue weighted by Crippen LogP contribution is -2.40. The van der Waals surface area contributed by atoms with E-state index in [2.05, 4.69) is 5.32 Å². The molecule has 1 aliphatic rings. The first-order chi connectivity index (χ1) is 12.3. The average molecular weight is 422 g/mol. The molecular weight excluding hydrogens is 394 g/mol. The summed E-state index contributed by atoms with van der Waals surface area (Å²) in [6, 6.07) is 4.42. The molecule has 10 heteroatoms. The third kappa shape index (κ3) is 6.62. The summed E-state index contributed by atoms with van der Waals surface area (Å²) in [5, 5.41) is 2.74. The summed E-state index contributed by atoms with van der Waals surface area (Å²) in [7, 11) is -3.65. The minimum absolute atomic E-state index is 0. The van der Waals surface area contributed by atoms with Gasteiger partial charge >= 0.3 is 0 Å². The largest absolute Gasteiger partial charge is 0.492 e. The standard InChI is InChI=1S/C17H27N3O5S.ClH/c1-3-25-16-6-5-14(26(22,23)20-8-10-24-11-9-20)12-15(16)19-17(21)7-4-13(2)18;/h5-6,12-13H,3-4,7-11,18H2,1-2H3,(H,19,21);1H. The van der Waals surface area contributed by atoms with Gasteiger partial charge in [-0.25, -0.2) is 8.42 Å². The molecule has 0 radical (unpaired) electrons. The third-order valence-corrected chi connectivity index (χ3v) is 5.85. The number of carbonyl (C=O) groups is 1. The van der Waals surface area contributed by atoms with E-state index >= 15 is 0 Å². The average Bonchev–Trinajstić information content (AvgIpc) is 2.62. The highest BCUT2D eigenvalue weighted by molar-refractivity contribution is 7.89. The van der Waals surface area contributed by atoms with Crippen molar-refractivity contribution >= 4 is 34.0 Å². The van der Waals surface area contributed by atoms with Gasteiger partial charge in [-0.05, 0) is 38.5 Å². The van der Waals surface area contributed by atoms with Crippen LogP contribution in [0.4, 0.5) is 5.69 Å². The highest BCUT2D eigenvalue weighted by atomic mass is 35.5. The van der Waals surface area contributed by atoms with Crippen LogP contribution in [-0.2, 0) is 19.6 Å². The Morgan fingerprint density at radius 1 is 1.37 bits per heavy atom. The quantitative estimate of drug-likeness (QED) is 0.659.